The molecule has 1 amide bonds. The maximum atomic E-state index is 13.0. The van der Waals surface area contributed by atoms with Gasteiger partial charge in [-0.25, -0.2) is 14.4 Å². The molecule has 2 bridgehead atoms. The number of aromatic nitrogens is 2. The molecular formula is C15H19FN4O3. The van der Waals surface area contributed by atoms with E-state index in [1.165, 1.54) is 0 Å². The maximum Gasteiger partial charge on any atom is 0.228 e. The average molecular weight is 322 g/mol. The summed E-state index contributed by atoms with van der Waals surface area (Å²) in [6, 6.07) is 0. The second kappa shape index (κ2) is 6.01. The number of fused-ring (bicyclic) bond motifs is 2. The Kier molecular flexibility index (Phi) is 3.86. The van der Waals surface area contributed by atoms with Crippen molar-refractivity contribution in [2.75, 3.05) is 44.3 Å². The van der Waals surface area contributed by atoms with Gasteiger partial charge in [-0.15, -0.1) is 0 Å². The zero-order valence-electron chi connectivity index (χ0n) is 12.7. The van der Waals surface area contributed by atoms with Gasteiger partial charge < -0.3 is 19.3 Å². The highest BCUT2D eigenvalue weighted by atomic mass is 19.1. The summed E-state index contributed by atoms with van der Waals surface area (Å²) in [4.78, 5) is 24.6. The Morgan fingerprint density at radius 3 is 2.70 bits per heavy atom. The largest absolute Gasteiger partial charge is 0.378 e. The predicted octanol–water partition coefficient (Wildman–Crippen LogP) is 0.0682. The van der Waals surface area contributed by atoms with E-state index < -0.39 is 5.82 Å². The van der Waals surface area contributed by atoms with Crippen LogP contribution >= 0.6 is 0 Å². The number of morpholine rings is 2. The number of hydrogen-bond acceptors (Lipinski definition) is 6. The van der Waals surface area contributed by atoms with Crippen LogP contribution in [-0.2, 0) is 14.3 Å². The number of ether oxygens (including phenoxy) is 2. The van der Waals surface area contributed by atoms with E-state index >= 15 is 0 Å². The van der Waals surface area contributed by atoms with Crippen LogP contribution < -0.4 is 4.90 Å². The molecule has 1 aromatic rings. The normalized spacial score (nSPS) is 30.6. The monoisotopic (exact) mass is 322 g/mol. The fraction of sp³-hybridized carbons (Fsp3) is 0.667. The quantitative estimate of drug-likeness (QED) is 0.767. The van der Waals surface area contributed by atoms with Crippen LogP contribution in [0.3, 0.4) is 0 Å². The summed E-state index contributed by atoms with van der Waals surface area (Å²) < 4.78 is 24.2. The standard InChI is InChI=1S/C15H19FN4O3/c16-10-6-17-15(18-7-10)20-8-11-5-12(13(9-20)23-11)14(21)19-1-3-22-4-2-19/h6-7,11-13H,1-5,8-9H2/t11-,12+,13-/m1/s1. The van der Waals surface area contributed by atoms with Crippen molar-refractivity contribution in [3.05, 3.63) is 18.2 Å². The predicted molar refractivity (Wildman–Crippen MR) is 78.4 cm³/mol. The molecule has 3 aliphatic heterocycles. The van der Waals surface area contributed by atoms with Crippen molar-refractivity contribution in [3.8, 4) is 0 Å². The van der Waals surface area contributed by atoms with Crippen LogP contribution in [0.15, 0.2) is 12.4 Å². The van der Waals surface area contributed by atoms with Crippen molar-refractivity contribution >= 4 is 11.9 Å². The number of carbonyl (C=O) groups is 1. The molecule has 0 saturated carbocycles. The first-order valence-electron chi connectivity index (χ1n) is 7.95. The van der Waals surface area contributed by atoms with Crippen molar-refractivity contribution in [2.24, 2.45) is 5.92 Å². The van der Waals surface area contributed by atoms with E-state index in [1.54, 1.807) is 0 Å². The van der Waals surface area contributed by atoms with E-state index in [2.05, 4.69) is 9.97 Å². The van der Waals surface area contributed by atoms with Crippen LogP contribution in [-0.4, -0.2) is 72.4 Å². The third-order valence-corrected chi connectivity index (χ3v) is 4.69. The van der Waals surface area contributed by atoms with Crippen LogP contribution in [0, 0.1) is 11.7 Å². The molecule has 8 heteroatoms. The lowest BCUT2D eigenvalue weighted by Gasteiger charge is -2.34. The Morgan fingerprint density at radius 1 is 1.22 bits per heavy atom. The summed E-state index contributed by atoms with van der Waals surface area (Å²) in [5.74, 6) is 0.0701. The van der Waals surface area contributed by atoms with Crippen LogP contribution in [0.4, 0.5) is 10.3 Å². The summed E-state index contributed by atoms with van der Waals surface area (Å²) in [5, 5.41) is 0. The Hall–Kier alpha value is -1.80. The summed E-state index contributed by atoms with van der Waals surface area (Å²) in [6.45, 7) is 3.69. The number of halogens is 1. The van der Waals surface area contributed by atoms with E-state index in [-0.39, 0.29) is 24.0 Å². The first-order valence-corrected chi connectivity index (χ1v) is 7.95. The molecule has 3 aliphatic rings. The molecule has 0 radical (unpaired) electrons. The van der Waals surface area contributed by atoms with Gasteiger partial charge in [0.2, 0.25) is 11.9 Å². The van der Waals surface area contributed by atoms with E-state index in [9.17, 15) is 9.18 Å². The number of carbonyl (C=O) groups excluding carboxylic acids is 1. The summed E-state index contributed by atoms with van der Waals surface area (Å²) >= 11 is 0. The number of nitrogens with zero attached hydrogens (tertiary/aromatic N) is 4. The first-order chi connectivity index (χ1) is 11.2. The number of hydrogen-bond donors (Lipinski definition) is 0. The Bertz CT molecular complexity index is 579. The lowest BCUT2D eigenvalue weighted by Crippen LogP contribution is -2.48. The average Bonchev–Trinajstić information content (AvgIpc) is 2.89. The van der Waals surface area contributed by atoms with Gasteiger partial charge in [0, 0.05) is 26.2 Å². The van der Waals surface area contributed by atoms with Gasteiger partial charge in [-0.1, -0.05) is 0 Å². The van der Waals surface area contributed by atoms with E-state index in [0.717, 1.165) is 18.8 Å². The zero-order valence-corrected chi connectivity index (χ0v) is 12.7. The molecule has 23 heavy (non-hydrogen) atoms. The Morgan fingerprint density at radius 2 is 1.96 bits per heavy atom. The molecule has 3 saturated heterocycles. The highest BCUT2D eigenvalue weighted by Crippen LogP contribution is 2.34. The third-order valence-electron chi connectivity index (χ3n) is 4.69. The minimum atomic E-state index is -0.453. The molecule has 1 aromatic heterocycles. The summed E-state index contributed by atoms with van der Waals surface area (Å²) in [5.41, 5.74) is 0. The minimum Gasteiger partial charge on any atom is -0.378 e. The van der Waals surface area contributed by atoms with Gasteiger partial charge in [-0.2, -0.15) is 0 Å². The lowest BCUT2D eigenvalue weighted by molar-refractivity contribution is -0.141. The summed E-state index contributed by atoms with van der Waals surface area (Å²) in [7, 11) is 0. The fourth-order valence-electron chi connectivity index (χ4n) is 3.57. The van der Waals surface area contributed by atoms with Crippen molar-refractivity contribution in [1.29, 1.82) is 0 Å². The highest BCUT2D eigenvalue weighted by Gasteiger charge is 2.46. The molecular weight excluding hydrogens is 303 g/mol. The second-order valence-electron chi connectivity index (χ2n) is 6.18. The minimum absolute atomic E-state index is 0.00241. The first kappa shape index (κ1) is 14.8. The van der Waals surface area contributed by atoms with E-state index in [1.807, 2.05) is 9.80 Å². The fourth-order valence-corrected chi connectivity index (χ4v) is 3.57. The van der Waals surface area contributed by atoms with Gasteiger partial charge in [0.05, 0.1) is 43.7 Å². The van der Waals surface area contributed by atoms with Gasteiger partial charge >= 0.3 is 0 Å². The lowest BCUT2D eigenvalue weighted by atomic mass is 9.98. The van der Waals surface area contributed by atoms with Crippen LogP contribution in [0.5, 0.6) is 0 Å². The van der Waals surface area contributed by atoms with Crippen molar-refractivity contribution in [1.82, 2.24) is 14.9 Å². The van der Waals surface area contributed by atoms with Gasteiger partial charge in [0.25, 0.3) is 0 Å². The second-order valence-corrected chi connectivity index (χ2v) is 6.18. The molecule has 4 heterocycles. The molecule has 0 N–H and O–H groups in total. The summed E-state index contributed by atoms with van der Waals surface area (Å²) in [6.07, 6.45) is 2.89. The zero-order chi connectivity index (χ0) is 15.8. The van der Waals surface area contributed by atoms with Crippen LogP contribution in [0.2, 0.25) is 0 Å². The van der Waals surface area contributed by atoms with Gasteiger partial charge in [-0.05, 0) is 6.42 Å². The van der Waals surface area contributed by atoms with Crippen LogP contribution in [0.25, 0.3) is 0 Å². The Balaban J connectivity index is 1.45. The number of anilines is 1. The van der Waals surface area contributed by atoms with Crippen LogP contribution in [0.1, 0.15) is 6.42 Å². The molecule has 0 unspecified atom stereocenters. The highest BCUT2D eigenvalue weighted by molar-refractivity contribution is 5.80. The van der Waals surface area contributed by atoms with Crippen molar-refractivity contribution in [3.63, 3.8) is 0 Å². The topological polar surface area (TPSA) is 67.8 Å². The van der Waals surface area contributed by atoms with Crippen molar-refractivity contribution in [2.45, 2.75) is 18.6 Å². The van der Waals surface area contributed by atoms with E-state index in [4.69, 9.17) is 9.47 Å². The molecule has 7 nitrogen and oxygen atoms in total. The van der Waals surface area contributed by atoms with E-state index in [0.29, 0.717) is 45.3 Å². The molecule has 0 spiro atoms. The number of amides is 1. The number of rotatable bonds is 2. The maximum absolute atomic E-state index is 13.0. The third kappa shape index (κ3) is 2.88. The van der Waals surface area contributed by atoms with Gasteiger partial charge in [0.15, 0.2) is 5.82 Å². The smallest absolute Gasteiger partial charge is 0.228 e. The molecule has 0 aromatic carbocycles. The molecule has 3 atom stereocenters. The van der Waals surface area contributed by atoms with Crippen molar-refractivity contribution < 1.29 is 18.7 Å². The van der Waals surface area contributed by atoms with Gasteiger partial charge in [-0.3, -0.25) is 4.79 Å². The van der Waals surface area contributed by atoms with Gasteiger partial charge in [0.1, 0.15) is 0 Å². The molecule has 3 fully saturated rings. The molecule has 124 valence electrons. The molecule has 4 rings (SSSR count). The SMILES string of the molecule is O=C([C@H]1C[C@@H]2CN(c3ncc(F)cn3)C[C@H]1O2)N1CCOCC1. The Labute approximate surface area is 133 Å². The molecule has 0 aliphatic carbocycles.